The first kappa shape index (κ1) is 50.2. The van der Waals surface area contributed by atoms with Crippen molar-refractivity contribution in [1.82, 2.24) is 5.32 Å². The lowest BCUT2D eigenvalue weighted by molar-refractivity contribution is -0.870. The Kier molecular flexibility index (Phi) is 33.7. The van der Waals surface area contributed by atoms with E-state index >= 15 is 0 Å². The highest BCUT2D eigenvalue weighted by atomic mass is 31.2. The van der Waals surface area contributed by atoms with E-state index in [2.05, 4.69) is 79.9 Å². The first-order valence-corrected chi connectivity index (χ1v) is 22.1. The predicted molar refractivity (Wildman–Crippen MR) is 219 cm³/mol. The number of rotatable bonds is 36. The number of amides is 1. The number of hydrogen-bond donors (Lipinski definition) is 2. The van der Waals surface area contributed by atoms with E-state index in [1.807, 2.05) is 21.1 Å². The third-order valence-electron chi connectivity index (χ3n) is 8.77. The Labute approximate surface area is 320 Å². The van der Waals surface area contributed by atoms with E-state index in [0.29, 0.717) is 23.9 Å². The fourth-order valence-corrected chi connectivity index (χ4v) is 6.20. The number of carbonyl (C=O) groups excluding carboxylic acids is 1. The Bertz CT molecular complexity index is 1030. The molecule has 0 aromatic rings. The van der Waals surface area contributed by atoms with E-state index in [-0.39, 0.29) is 19.1 Å². The van der Waals surface area contributed by atoms with Gasteiger partial charge in [0.25, 0.3) is 7.82 Å². The van der Waals surface area contributed by atoms with E-state index in [9.17, 15) is 19.4 Å². The molecule has 302 valence electrons. The maximum absolute atomic E-state index is 12.7. The molecule has 0 aliphatic rings. The summed E-state index contributed by atoms with van der Waals surface area (Å²) in [7, 11) is 1.28. The first-order chi connectivity index (χ1) is 25.0. The molecule has 0 rings (SSSR count). The number of nitrogens with one attached hydrogen (secondary N) is 1. The van der Waals surface area contributed by atoms with E-state index in [1.165, 1.54) is 57.8 Å². The molecule has 0 aromatic carbocycles. The highest BCUT2D eigenvalue weighted by Crippen LogP contribution is 2.38. The highest BCUT2D eigenvalue weighted by molar-refractivity contribution is 7.45. The minimum absolute atomic E-state index is 0.00728. The zero-order valence-corrected chi connectivity index (χ0v) is 34.9. The number of aliphatic hydroxyl groups is 1. The number of aliphatic hydroxyl groups excluding tert-OH is 1. The van der Waals surface area contributed by atoms with Crippen molar-refractivity contribution in [2.45, 2.75) is 167 Å². The SMILES string of the molecule is CC/C=C\C/C=C\C/C=C\C/C=C\C/C=C\CCCCCCCCCCCCCC(=O)NC(COP(=O)([O-])OCC[N+](C)(C)C)C(O)CCCCC. The molecular weight excluding hydrogens is 671 g/mol. The maximum Gasteiger partial charge on any atom is 0.268 e. The molecule has 0 spiro atoms. The molecule has 0 saturated carbocycles. The Hall–Kier alpha value is -1.80. The number of hydrogen-bond acceptors (Lipinski definition) is 6. The molecule has 3 atom stereocenters. The van der Waals surface area contributed by atoms with Crippen LogP contribution >= 0.6 is 7.82 Å². The van der Waals surface area contributed by atoms with Gasteiger partial charge in [0.1, 0.15) is 13.2 Å². The van der Waals surface area contributed by atoms with Crippen molar-refractivity contribution in [3.05, 3.63) is 60.8 Å². The largest absolute Gasteiger partial charge is 0.756 e. The minimum Gasteiger partial charge on any atom is -0.756 e. The normalized spacial score (nSPS) is 15.1. The molecule has 52 heavy (non-hydrogen) atoms. The van der Waals surface area contributed by atoms with Gasteiger partial charge in [-0.25, -0.2) is 0 Å². The van der Waals surface area contributed by atoms with Crippen LogP contribution in [0.5, 0.6) is 0 Å². The molecule has 0 aromatic heterocycles. The Balaban J connectivity index is 3.93. The molecule has 8 nitrogen and oxygen atoms in total. The van der Waals surface area contributed by atoms with E-state index in [1.54, 1.807) is 0 Å². The molecule has 2 N–H and O–H groups in total. The minimum atomic E-state index is -4.54. The summed E-state index contributed by atoms with van der Waals surface area (Å²) in [5.74, 6) is -0.184. The van der Waals surface area contributed by atoms with Gasteiger partial charge in [-0.1, -0.05) is 152 Å². The number of phosphoric ester groups is 1. The fourth-order valence-electron chi connectivity index (χ4n) is 5.48. The lowest BCUT2D eigenvalue weighted by Gasteiger charge is -2.30. The summed E-state index contributed by atoms with van der Waals surface area (Å²) in [5.41, 5.74) is 0. The summed E-state index contributed by atoms with van der Waals surface area (Å²) >= 11 is 0. The summed E-state index contributed by atoms with van der Waals surface area (Å²) in [6.07, 6.45) is 44.6. The molecule has 1 amide bonds. The first-order valence-electron chi connectivity index (χ1n) is 20.6. The van der Waals surface area contributed by atoms with Gasteiger partial charge >= 0.3 is 0 Å². The monoisotopic (exact) mass is 751 g/mol. The molecule has 3 unspecified atom stereocenters. The maximum atomic E-state index is 12.7. The van der Waals surface area contributed by atoms with Crippen molar-refractivity contribution in [2.75, 3.05) is 40.9 Å². The fraction of sp³-hybridized carbons (Fsp3) is 0.744. The van der Waals surface area contributed by atoms with Crippen molar-refractivity contribution < 1.29 is 32.9 Å². The predicted octanol–water partition coefficient (Wildman–Crippen LogP) is 10.4. The zero-order chi connectivity index (χ0) is 38.6. The van der Waals surface area contributed by atoms with Crippen molar-refractivity contribution in [1.29, 1.82) is 0 Å². The second-order valence-electron chi connectivity index (χ2n) is 15.0. The quantitative estimate of drug-likeness (QED) is 0.0286. The van der Waals surface area contributed by atoms with Gasteiger partial charge in [-0.15, -0.1) is 0 Å². The number of likely N-dealkylation sites (N-methyl/N-ethyl adjacent to an activating group) is 1. The number of carbonyl (C=O) groups is 1. The summed E-state index contributed by atoms with van der Waals surface area (Å²) in [6.45, 7) is 4.41. The van der Waals surface area contributed by atoms with Crippen molar-refractivity contribution in [2.24, 2.45) is 0 Å². The van der Waals surface area contributed by atoms with E-state index in [4.69, 9.17) is 9.05 Å². The van der Waals surface area contributed by atoms with Crippen LogP contribution in [-0.4, -0.2) is 68.5 Å². The van der Waals surface area contributed by atoms with Gasteiger partial charge in [0.2, 0.25) is 5.91 Å². The highest BCUT2D eigenvalue weighted by Gasteiger charge is 2.24. The molecule has 0 aliphatic heterocycles. The van der Waals surface area contributed by atoms with Crippen LogP contribution in [0.4, 0.5) is 0 Å². The van der Waals surface area contributed by atoms with Crippen LogP contribution in [0.2, 0.25) is 0 Å². The lowest BCUT2D eigenvalue weighted by atomic mass is 10.0. The average molecular weight is 751 g/mol. The Morgan fingerprint density at radius 3 is 1.67 bits per heavy atom. The summed E-state index contributed by atoms with van der Waals surface area (Å²) in [6, 6.07) is -0.799. The van der Waals surface area contributed by atoms with Crippen LogP contribution in [0.1, 0.15) is 155 Å². The van der Waals surface area contributed by atoms with Gasteiger partial charge in [0, 0.05) is 6.42 Å². The Morgan fingerprint density at radius 2 is 1.17 bits per heavy atom. The van der Waals surface area contributed by atoms with Crippen LogP contribution in [0.15, 0.2) is 60.8 Å². The number of nitrogens with zero attached hydrogens (tertiary/aromatic N) is 1. The third kappa shape index (κ3) is 36.6. The van der Waals surface area contributed by atoms with Crippen LogP contribution in [0.25, 0.3) is 0 Å². The molecule has 0 bridgehead atoms. The van der Waals surface area contributed by atoms with Gasteiger partial charge in [0.15, 0.2) is 0 Å². The van der Waals surface area contributed by atoms with Gasteiger partial charge in [0.05, 0.1) is 39.9 Å². The average Bonchev–Trinajstić information content (AvgIpc) is 3.09. The zero-order valence-electron chi connectivity index (χ0n) is 34.0. The van der Waals surface area contributed by atoms with Crippen LogP contribution < -0.4 is 10.2 Å². The van der Waals surface area contributed by atoms with E-state index in [0.717, 1.165) is 70.6 Å². The summed E-state index contributed by atoms with van der Waals surface area (Å²) in [4.78, 5) is 24.9. The van der Waals surface area contributed by atoms with Crippen LogP contribution in [-0.2, 0) is 18.4 Å². The molecule has 0 saturated heterocycles. The van der Waals surface area contributed by atoms with Crippen LogP contribution in [0, 0.1) is 0 Å². The van der Waals surface area contributed by atoms with Gasteiger partial charge in [-0.2, -0.15) is 0 Å². The Morgan fingerprint density at radius 1 is 0.692 bits per heavy atom. The number of phosphoric acid groups is 1. The van der Waals surface area contributed by atoms with Gasteiger partial charge in [-0.05, 0) is 57.8 Å². The van der Waals surface area contributed by atoms with Crippen molar-refractivity contribution in [3.63, 3.8) is 0 Å². The van der Waals surface area contributed by atoms with Crippen molar-refractivity contribution >= 4 is 13.7 Å². The molecule has 0 aliphatic carbocycles. The number of unbranched alkanes of at least 4 members (excludes halogenated alkanes) is 13. The number of quaternary nitrogens is 1. The van der Waals surface area contributed by atoms with Gasteiger partial charge < -0.3 is 28.8 Å². The molecule has 0 heterocycles. The summed E-state index contributed by atoms with van der Waals surface area (Å²) < 4.78 is 22.9. The van der Waals surface area contributed by atoms with Crippen molar-refractivity contribution in [3.8, 4) is 0 Å². The molecular formula is C43H79N2O6P. The smallest absolute Gasteiger partial charge is 0.268 e. The standard InChI is InChI=1S/C43H79N2O6P/c1-6-8-10-11-12-13-14-15-16-17-18-19-20-21-22-23-24-25-26-27-28-29-30-31-32-33-35-37-43(47)44-41(42(46)36-34-9-7-2)40-51-52(48,49)50-39-38-45(3,4)5/h8,10,12-13,15-16,18-19,21-22,41-42,46H,6-7,9,11,14,17,20,23-40H2,1-5H3,(H-,44,47,48,49)/b10-8-,13-12-,16-15-,19-18-,22-21-. The lowest BCUT2D eigenvalue weighted by Crippen LogP contribution is -2.46. The third-order valence-corrected chi connectivity index (χ3v) is 9.73. The summed E-state index contributed by atoms with van der Waals surface area (Å²) in [5, 5.41) is 13.5. The molecule has 0 radical (unpaired) electrons. The second kappa shape index (κ2) is 34.9. The van der Waals surface area contributed by atoms with Gasteiger partial charge in [-0.3, -0.25) is 9.36 Å². The topological polar surface area (TPSA) is 108 Å². The number of allylic oxidation sites excluding steroid dienone is 10. The molecule has 9 heteroatoms. The van der Waals surface area contributed by atoms with Crippen LogP contribution in [0.3, 0.4) is 0 Å². The second-order valence-corrected chi connectivity index (χ2v) is 16.4. The molecule has 0 fully saturated rings. The van der Waals surface area contributed by atoms with E-state index < -0.39 is 20.0 Å².